The predicted octanol–water partition coefficient (Wildman–Crippen LogP) is 4.86. The summed E-state index contributed by atoms with van der Waals surface area (Å²) in [5.41, 5.74) is 2.16. The van der Waals surface area contributed by atoms with Gasteiger partial charge < -0.3 is 19.4 Å². The molecule has 0 bridgehead atoms. The summed E-state index contributed by atoms with van der Waals surface area (Å²) in [6, 6.07) is 22.3. The zero-order valence-corrected chi connectivity index (χ0v) is 18.0. The molecule has 32 heavy (non-hydrogen) atoms. The number of hydrogen-bond donors (Lipinski definition) is 1. The molecule has 3 aromatic carbocycles. The van der Waals surface area contributed by atoms with Crippen LogP contribution in [0, 0.1) is 0 Å². The van der Waals surface area contributed by atoms with Crippen LogP contribution in [0.2, 0.25) is 0 Å². The zero-order chi connectivity index (χ0) is 22.5. The van der Waals surface area contributed by atoms with E-state index in [1.165, 1.54) is 0 Å². The van der Waals surface area contributed by atoms with Crippen molar-refractivity contribution in [1.29, 1.82) is 0 Å². The summed E-state index contributed by atoms with van der Waals surface area (Å²) in [5, 5.41) is 3.25. The van der Waals surface area contributed by atoms with Gasteiger partial charge in [0.25, 0.3) is 5.91 Å². The van der Waals surface area contributed by atoms with Gasteiger partial charge in [0.15, 0.2) is 0 Å². The van der Waals surface area contributed by atoms with Crippen molar-refractivity contribution >= 4 is 22.5 Å². The maximum Gasteiger partial charge on any atom is 0.261 e. The van der Waals surface area contributed by atoms with Gasteiger partial charge in [0.05, 0.1) is 18.0 Å². The van der Waals surface area contributed by atoms with E-state index in [1.54, 1.807) is 49.7 Å². The Balaban J connectivity index is 1.53. The molecule has 6 heteroatoms. The Hall–Kier alpha value is -4.06. The number of rotatable bonds is 7. The number of carbonyl (C=O) groups is 1. The second kappa shape index (κ2) is 9.39. The summed E-state index contributed by atoms with van der Waals surface area (Å²) < 4.78 is 12.9. The molecule has 1 aromatic heterocycles. The highest BCUT2D eigenvalue weighted by Crippen LogP contribution is 2.21. The maximum atomic E-state index is 13.0. The summed E-state index contributed by atoms with van der Waals surface area (Å²) in [4.78, 5) is 25.9. The normalized spacial score (nSPS) is 10.7. The van der Waals surface area contributed by atoms with Gasteiger partial charge in [-0.25, -0.2) is 0 Å². The monoisotopic (exact) mass is 428 g/mol. The fraction of sp³-hybridized carbons (Fsp3) is 0.154. The molecule has 4 rings (SSSR count). The Bertz CT molecular complexity index is 1300. The van der Waals surface area contributed by atoms with Crippen molar-refractivity contribution < 1.29 is 14.3 Å². The number of anilines is 1. The van der Waals surface area contributed by atoms with Crippen molar-refractivity contribution in [2.24, 2.45) is 0 Å². The number of ether oxygens (including phenoxy) is 2. The van der Waals surface area contributed by atoms with Crippen LogP contribution in [-0.2, 0) is 13.2 Å². The molecule has 0 saturated heterocycles. The number of hydrogen-bond acceptors (Lipinski definition) is 4. The third-order valence-electron chi connectivity index (χ3n) is 5.23. The fourth-order valence-electron chi connectivity index (χ4n) is 3.50. The van der Waals surface area contributed by atoms with Gasteiger partial charge in [0.1, 0.15) is 23.7 Å². The first-order valence-electron chi connectivity index (χ1n) is 10.4. The van der Waals surface area contributed by atoms with Gasteiger partial charge in [-0.2, -0.15) is 0 Å². The van der Waals surface area contributed by atoms with Crippen LogP contribution in [-0.4, -0.2) is 17.6 Å². The van der Waals surface area contributed by atoms with E-state index in [9.17, 15) is 9.59 Å². The van der Waals surface area contributed by atoms with Gasteiger partial charge in [-0.1, -0.05) is 30.3 Å². The van der Waals surface area contributed by atoms with Crippen LogP contribution in [0.4, 0.5) is 5.69 Å². The molecule has 0 radical (unpaired) electrons. The Morgan fingerprint density at radius 3 is 2.38 bits per heavy atom. The Morgan fingerprint density at radius 2 is 1.69 bits per heavy atom. The summed E-state index contributed by atoms with van der Waals surface area (Å²) in [7, 11) is 1.54. The molecule has 0 unspecified atom stereocenters. The predicted molar refractivity (Wildman–Crippen MR) is 126 cm³/mol. The van der Waals surface area contributed by atoms with Gasteiger partial charge in [0.2, 0.25) is 5.43 Å². The molecule has 1 N–H and O–H groups in total. The topological polar surface area (TPSA) is 69.6 Å². The van der Waals surface area contributed by atoms with Gasteiger partial charge >= 0.3 is 0 Å². The molecule has 0 aliphatic carbocycles. The number of aryl methyl sites for hydroxylation is 1. The Morgan fingerprint density at radius 1 is 0.969 bits per heavy atom. The van der Waals surface area contributed by atoms with Crippen LogP contribution in [0.5, 0.6) is 11.5 Å². The van der Waals surface area contributed by atoms with Crippen molar-refractivity contribution in [3.63, 3.8) is 0 Å². The van der Waals surface area contributed by atoms with E-state index in [0.29, 0.717) is 35.7 Å². The van der Waals surface area contributed by atoms with Crippen LogP contribution < -0.4 is 20.2 Å². The van der Waals surface area contributed by atoms with Crippen molar-refractivity contribution in [3.8, 4) is 11.5 Å². The largest absolute Gasteiger partial charge is 0.497 e. The first-order valence-corrected chi connectivity index (χ1v) is 10.4. The third kappa shape index (κ3) is 4.49. The fourth-order valence-corrected chi connectivity index (χ4v) is 3.50. The summed E-state index contributed by atoms with van der Waals surface area (Å²) >= 11 is 0. The zero-order valence-electron chi connectivity index (χ0n) is 18.0. The summed E-state index contributed by atoms with van der Waals surface area (Å²) in [6.07, 6.45) is 1.60. The lowest BCUT2D eigenvalue weighted by Gasteiger charge is -2.13. The van der Waals surface area contributed by atoms with E-state index in [2.05, 4.69) is 5.32 Å². The molecule has 0 atom stereocenters. The van der Waals surface area contributed by atoms with Crippen LogP contribution >= 0.6 is 0 Å². The van der Waals surface area contributed by atoms with E-state index in [0.717, 1.165) is 11.1 Å². The third-order valence-corrected chi connectivity index (χ3v) is 5.23. The molecular formula is C26H24N2O4. The van der Waals surface area contributed by atoms with Crippen molar-refractivity contribution in [2.45, 2.75) is 20.1 Å². The number of aromatic nitrogens is 1. The quantitative estimate of drug-likeness (QED) is 0.456. The molecular weight excluding hydrogens is 404 g/mol. The number of nitrogens with one attached hydrogen (secondary N) is 1. The van der Waals surface area contributed by atoms with Gasteiger partial charge in [-0.15, -0.1) is 0 Å². The molecule has 0 fully saturated rings. The number of benzene rings is 3. The van der Waals surface area contributed by atoms with Crippen LogP contribution in [0.3, 0.4) is 0 Å². The lowest BCUT2D eigenvalue weighted by molar-refractivity contribution is 0.102. The smallest absolute Gasteiger partial charge is 0.261 e. The number of amides is 1. The number of nitrogens with zero attached hydrogens (tertiary/aromatic N) is 1. The highest BCUT2D eigenvalue weighted by atomic mass is 16.5. The molecule has 162 valence electrons. The average Bonchev–Trinajstić information content (AvgIpc) is 2.84. The van der Waals surface area contributed by atoms with Crippen molar-refractivity contribution in [3.05, 3.63) is 100 Å². The average molecular weight is 428 g/mol. The second-order valence-corrected chi connectivity index (χ2v) is 7.29. The van der Waals surface area contributed by atoms with Crippen LogP contribution in [0.25, 0.3) is 10.9 Å². The Labute approximate surface area is 186 Å². The van der Waals surface area contributed by atoms with Crippen LogP contribution in [0.1, 0.15) is 22.8 Å². The van der Waals surface area contributed by atoms with Crippen LogP contribution in [0.15, 0.2) is 83.8 Å². The number of carbonyl (C=O) groups excluding carboxylic acids is 1. The minimum Gasteiger partial charge on any atom is -0.497 e. The standard InChI is InChI=1S/C26H24N2O4/c1-3-28-16-23(25(29)22-15-21(31-2)13-14-24(22)28)26(30)27-19-9-11-20(12-10-19)32-17-18-7-5-4-6-8-18/h4-16H,3,17H2,1-2H3,(H,27,30). The van der Waals surface area contributed by atoms with Gasteiger partial charge in [0, 0.05) is 18.4 Å². The van der Waals surface area contributed by atoms with E-state index >= 15 is 0 Å². The van der Waals surface area contributed by atoms with E-state index < -0.39 is 5.91 Å². The highest BCUT2D eigenvalue weighted by molar-refractivity contribution is 6.05. The number of pyridine rings is 1. The molecule has 4 aromatic rings. The first-order chi connectivity index (χ1) is 15.6. The first kappa shape index (κ1) is 21.2. The molecule has 1 heterocycles. The Kier molecular flexibility index (Phi) is 6.22. The molecule has 0 saturated carbocycles. The van der Waals surface area contributed by atoms with Crippen molar-refractivity contribution in [2.75, 3.05) is 12.4 Å². The summed E-state index contributed by atoms with van der Waals surface area (Å²) in [6.45, 7) is 3.05. The summed E-state index contributed by atoms with van der Waals surface area (Å²) in [5.74, 6) is 0.804. The minimum absolute atomic E-state index is 0.0806. The van der Waals surface area contributed by atoms with E-state index in [1.807, 2.05) is 47.9 Å². The molecule has 1 amide bonds. The molecule has 0 aliphatic rings. The maximum absolute atomic E-state index is 13.0. The number of methoxy groups -OCH3 is 1. The minimum atomic E-state index is -0.458. The van der Waals surface area contributed by atoms with Gasteiger partial charge in [-0.05, 0) is 55.0 Å². The van der Waals surface area contributed by atoms with Crippen molar-refractivity contribution in [1.82, 2.24) is 4.57 Å². The number of fused-ring (bicyclic) bond motifs is 1. The van der Waals surface area contributed by atoms with Gasteiger partial charge in [-0.3, -0.25) is 9.59 Å². The van der Waals surface area contributed by atoms with E-state index in [4.69, 9.17) is 9.47 Å². The lowest BCUT2D eigenvalue weighted by Crippen LogP contribution is -2.23. The second-order valence-electron chi connectivity index (χ2n) is 7.29. The highest BCUT2D eigenvalue weighted by Gasteiger charge is 2.16. The molecule has 0 aliphatic heterocycles. The molecule has 6 nitrogen and oxygen atoms in total. The SMILES string of the molecule is CCn1cc(C(=O)Nc2ccc(OCc3ccccc3)cc2)c(=O)c2cc(OC)ccc21. The molecule has 0 spiro atoms. The lowest BCUT2D eigenvalue weighted by atomic mass is 10.1. The van der Waals surface area contributed by atoms with E-state index in [-0.39, 0.29) is 11.0 Å².